The van der Waals surface area contributed by atoms with E-state index in [4.69, 9.17) is 16.3 Å². The summed E-state index contributed by atoms with van der Waals surface area (Å²) in [5.41, 5.74) is 1.23. The number of halogens is 1. The van der Waals surface area contributed by atoms with Crippen LogP contribution in [0.3, 0.4) is 0 Å². The maximum Gasteiger partial charge on any atom is 0.274 e. The van der Waals surface area contributed by atoms with Gasteiger partial charge in [-0.2, -0.15) is 5.10 Å². The Morgan fingerprint density at radius 2 is 2.24 bits per heavy atom. The van der Waals surface area contributed by atoms with Gasteiger partial charge in [0.1, 0.15) is 0 Å². The number of methoxy groups -OCH3 is 1. The van der Waals surface area contributed by atoms with Crippen LogP contribution in [0.15, 0.2) is 36.5 Å². The Bertz CT molecular complexity index is 612. The van der Waals surface area contributed by atoms with Crippen LogP contribution in [0.4, 0.5) is 0 Å². The Morgan fingerprint density at radius 1 is 1.43 bits per heavy atom. The summed E-state index contributed by atoms with van der Waals surface area (Å²) in [4.78, 5) is 13.9. The van der Waals surface area contributed by atoms with Gasteiger partial charge in [-0.25, -0.2) is 4.68 Å². The van der Waals surface area contributed by atoms with Crippen molar-refractivity contribution < 1.29 is 9.53 Å². The minimum absolute atomic E-state index is 0.105. The molecule has 21 heavy (non-hydrogen) atoms. The van der Waals surface area contributed by atoms with E-state index in [-0.39, 0.29) is 5.91 Å². The highest BCUT2D eigenvalue weighted by atomic mass is 35.5. The molecule has 0 saturated carbocycles. The second-order valence-corrected chi connectivity index (χ2v) is 5.13. The first kappa shape index (κ1) is 15.5. The van der Waals surface area contributed by atoms with Crippen molar-refractivity contribution in [1.82, 2.24) is 14.7 Å². The fourth-order valence-electron chi connectivity index (χ4n) is 1.94. The molecule has 1 aromatic heterocycles. The molecule has 0 unspecified atom stereocenters. The van der Waals surface area contributed by atoms with Gasteiger partial charge in [0.05, 0.1) is 5.69 Å². The van der Waals surface area contributed by atoms with E-state index in [2.05, 4.69) is 5.10 Å². The van der Waals surface area contributed by atoms with Crippen LogP contribution in [0.2, 0.25) is 5.02 Å². The third kappa shape index (κ3) is 4.06. The molecule has 0 aliphatic carbocycles. The Balaban J connectivity index is 2.07. The van der Waals surface area contributed by atoms with Gasteiger partial charge in [0.25, 0.3) is 5.91 Å². The number of aromatic nitrogens is 2. The lowest BCUT2D eigenvalue weighted by atomic mass is 10.3. The molecule has 1 amide bonds. The second kappa shape index (κ2) is 7.24. The topological polar surface area (TPSA) is 47.4 Å². The van der Waals surface area contributed by atoms with Crippen LogP contribution in [0, 0.1) is 0 Å². The third-order valence-corrected chi connectivity index (χ3v) is 3.30. The maximum atomic E-state index is 12.2. The number of nitrogens with zero attached hydrogens (tertiary/aromatic N) is 3. The number of carbonyl (C=O) groups excluding carboxylic acids is 1. The summed E-state index contributed by atoms with van der Waals surface area (Å²) in [6.45, 7) is 1.27. The molecule has 0 atom stereocenters. The average molecular weight is 308 g/mol. The molecule has 0 fully saturated rings. The van der Waals surface area contributed by atoms with Crippen LogP contribution in [-0.4, -0.2) is 47.9 Å². The average Bonchev–Trinajstić information content (AvgIpc) is 2.96. The molecular weight excluding hydrogens is 290 g/mol. The molecule has 2 rings (SSSR count). The largest absolute Gasteiger partial charge is 0.385 e. The number of hydrogen-bond acceptors (Lipinski definition) is 3. The van der Waals surface area contributed by atoms with Crippen molar-refractivity contribution in [2.45, 2.75) is 6.42 Å². The maximum absolute atomic E-state index is 12.2. The first-order chi connectivity index (χ1) is 10.1. The van der Waals surface area contributed by atoms with Gasteiger partial charge in [-0.05, 0) is 30.7 Å². The fraction of sp³-hybridized carbons (Fsp3) is 0.333. The van der Waals surface area contributed by atoms with Crippen molar-refractivity contribution in [3.05, 3.63) is 47.2 Å². The number of ether oxygens (including phenoxy) is 1. The van der Waals surface area contributed by atoms with Crippen molar-refractivity contribution >= 4 is 17.5 Å². The highest BCUT2D eigenvalue weighted by Crippen LogP contribution is 2.14. The van der Waals surface area contributed by atoms with E-state index in [0.717, 1.165) is 12.1 Å². The van der Waals surface area contributed by atoms with E-state index in [1.54, 1.807) is 48.1 Å². The van der Waals surface area contributed by atoms with Gasteiger partial charge in [0, 0.05) is 38.5 Å². The van der Waals surface area contributed by atoms with Crippen LogP contribution in [-0.2, 0) is 4.74 Å². The van der Waals surface area contributed by atoms with Crippen molar-refractivity contribution in [1.29, 1.82) is 0 Å². The molecular formula is C15H18ClN3O2. The number of carbonyl (C=O) groups is 1. The lowest BCUT2D eigenvalue weighted by molar-refractivity contribution is 0.0773. The lowest BCUT2D eigenvalue weighted by Gasteiger charge is -2.15. The zero-order valence-corrected chi connectivity index (χ0v) is 12.9. The summed E-state index contributed by atoms with van der Waals surface area (Å²) in [6, 6.07) is 9.03. The van der Waals surface area contributed by atoms with Crippen LogP contribution >= 0.6 is 11.6 Å². The Labute approximate surface area is 129 Å². The molecule has 0 spiro atoms. The third-order valence-electron chi connectivity index (χ3n) is 3.07. The Kier molecular flexibility index (Phi) is 5.36. The normalized spacial score (nSPS) is 10.6. The summed E-state index contributed by atoms with van der Waals surface area (Å²) in [7, 11) is 3.41. The smallest absolute Gasteiger partial charge is 0.274 e. The van der Waals surface area contributed by atoms with Gasteiger partial charge < -0.3 is 9.64 Å². The molecule has 0 aliphatic heterocycles. The van der Waals surface area contributed by atoms with Crippen LogP contribution < -0.4 is 0 Å². The summed E-state index contributed by atoms with van der Waals surface area (Å²) in [6.07, 6.45) is 2.55. The van der Waals surface area contributed by atoms with Crippen LogP contribution in [0.1, 0.15) is 16.9 Å². The van der Waals surface area contributed by atoms with Gasteiger partial charge in [0.15, 0.2) is 5.69 Å². The number of amides is 1. The minimum atomic E-state index is -0.105. The van der Waals surface area contributed by atoms with Crippen LogP contribution in [0.5, 0.6) is 0 Å². The first-order valence-corrected chi connectivity index (χ1v) is 7.05. The summed E-state index contributed by atoms with van der Waals surface area (Å²) < 4.78 is 6.62. The zero-order chi connectivity index (χ0) is 15.2. The summed E-state index contributed by atoms with van der Waals surface area (Å²) in [5.74, 6) is -0.105. The highest BCUT2D eigenvalue weighted by Gasteiger charge is 2.14. The van der Waals surface area contributed by atoms with E-state index < -0.39 is 0 Å². The van der Waals surface area contributed by atoms with Gasteiger partial charge >= 0.3 is 0 Å². The van der Waals surface area contributed by atoms with Crippen LogP contribution in [0.25, 0.3) is 5.69 Å². The van der Waals surface area contributed by atoms with Gasteiger partial charge in [-0.15, -0.1) is 0 Å². The summed E-state index contributed by atoms with van der Waals surface area (Å²) in [5, 5.41) is 4.94. The molecule has 1 aromatic carbocycles. The molecule has 0 radical (unpaired) electrons. The molecule has 112 valence electrons. The highest BCUT2D eigenvalue weighted by molar-refractivity contribution is 6.30. The molecule has 0 aliphatic rings. The van der Waals surface area contributed by atoms with Crippen molar-refractivity contribution in [2.75, 3.05) is 27.3 Å². The number of hydrogen-bond donors (Lipinski definition) is 0. The summed E-state index contributed by atoms with van der Waals surface area (Å²) >= 11 is 5.96. The fourth-order valence-corrected chi connectivity index (χ4v) is 2.13. The van der Waals surface area contributed by atoms with Gasteiger partial charge in [-0.3, -0.25) is 4.79 Å². The van der Waals surface area contributed by atoms with Gasteiger partial charge in [-0.1, -0.05) is 17.7 Å². The molecule has 2 aromatic rings. The van der Waals surface area contributed by atoms with Crippen molar-refractivity contribution in [3.63, 3.8) is 0 Å². The molecule has 1 heterocycles. The van der Waals surface area contributed by atoms with E-state index in [9.17, 15) is 4.79 Å². The van der Waals surface area contributed by atoms with Gasteiger partial charge in [0.2, 0.25) is 0 Å². The van der Waals surface area contributed by atoms with E-state index in [1.165, 1.54) is 0 Å². The molecule has 0 bridgehead atoms. The van der Waals surface area contributed by atoms with E-state index in [1.807, 2.05) is 12.1 Å². The predicted molar refractivity (Wildman–Crippen MR) is 82.0 cm³/mol. The number of rotatable bonds is 6. The predicted octanol–water partition coefficient (Wildman–Crippen LogP) is 2.63. The zero-order valence-electron chi connectivity index (χ0n) is 12.1. The SMILES string of the molecule is COCCCN(C)C(=O)c1ccn(-c2cccc(Cl)c2)n1. The standard InChI is InChI=1S/C15H18ClN3O2/c1-18(8-4-10-21-2)15(20)14-7-9-19(17-14)13-6-3-5-12(16)11-13/h3,5-7,9,11H,4,8,10H2,1-2H3. The van der Waals surface area contributed by atoms with Crippen molar-refractivity contribution in [2.24, 2.45) is 0 Å². The molecule has 6 heteroatoms. The van der Waals surface area contributed by atoms with E-state index in [0.29, 0.717) is 23.9 Å². The van der Waals surface area contributed by atoms with Crippen molar-refractivity contribution in [3.8, 4) is 5.69 Å². The molecule has 5 nitrogen and oxygen atoms in total. The second-order valence-electron chi connectivity index (χ2n) is 4.70. The Hall–Kier alpha value is -1.85. The quantitative estimate of drug-likeness (QED) is 0.771. The first-order valence-electron chi connectivity index (χ1n) is 6.68. The Morgan fingerprint density at radius 3 is 2.95 bits per heavy atom. The minimum Gasteiger partial charge on any atom is -0.385 e. The molecule has 0 saturated heterocycles. The molecule has 0 N–H and O–H groups in total. The monoisotopic (exact) mass is 307 g/mol. The lowest BCUT2D eigenvalue weighted by Crippen LogP contribution is -2.28. The van der Waals surface area contributed by atoms with E-state index >= 15 is 0 Å². The number of benzene rings is 1.